The minimum Gasteiger partial charge on any atom is -0.247 e. The number of pyridine rings is 1. The highest BCUT2D eigenvalue weighted by Gasteiger charge is 2.18. The SMILES string of the molecule is N#Cc1ccccc1-c1cc(-c2cccc3ccccc23)nc2c1cc(-c1cccc3ccccc13)c1ccccc12. The molecule has 0 unspecified atom stereocenters. The van der Waals surface area contributed by atoms with Crippen molar-refractivity contribution >= 4 is 43.2 Å². The molecule has 7 aromatic carbocycles. The Kier molecular flexibility index (Phi) is 5.55. The van der Waals surface area contributed by atoms with Gasteiger partial charge < -0.3 is 0 Å². The van der Waals surface area contributed by atoms with E-state index in [0.29, 0.717) is 5.56 Å². The van der Waals surface area contributed by atoms with Crippen LogP contribution in [-0.2, 0) is 0 Å². The lowest BCUT2D eigenvalue weighted by Gasteiger charge is -2.17. The zero-order valence-corrected chi connectivity index (χ0v) is 22.8. The Labute approximate surface area is 243 Å². The first-order chi connectivity index (χ1) is 20.8. The molecule has 0 atom stereocenters. The van der Waals surface area contributed by atoms with Gasteiger partial charge in [0.15, 0.2) is 0 Å². The number of benzene rings is 7. The van der Waals surface area contributed by atoms with Crippen LogP contribution in [0.5, 0.6) is 0 Å². The van der Waals surface area contributed by atoms with Gasteiger partial charge in [0.2, 0.25) is 0 Å². The van der Waals surface area contributed by atoms with Crippen molar-refractivity contribution in [2.45, 2.75) is 0 Å². The molecule has 194 valence electrons. The summed E-state index contributed by atoms with van der Waals surface area (Å²) in [6.45, 7) is 0. The standard InChI is InChI=1S/C40H24N2/c41-25-28-13-3-6-18-31(28)37-24-39(34-22-10-15-27-12-2-5-17-30(27)34)42-40-35-20-8-7-19-33(35)36(23-38(37)40)32-21-9-14-26-11-1-4-16-29(26)32/h1-24H. The molecule has 8 aromatic rings. The van der Waals surface area contributed by atoms with Gasteiger partial charge in [-0.2, -0.15) is 5.26 Å². The molecule has 1 aromatic heterocycles. The molecule has 8 rings (SSSR count). The number of hydrogen-bond donors (Lipinski definition) is 0. The molecule has 0 N–H and O–H groups in total. The molecule has 0 aliphatic carbocycles. The molecule has 0 aliphatic rings. The molecular weight excluding hydrogens is 508 g/mol. The number of nitrogens with zero attached hydrogens (tertiary/aromatic N) is 2. The largest absolute Gasteiger partial charge is 0.247 e. The van der Waals surface area contributed by atoms with Crippen LogP contribution in [0.1, 0.15) is 5.56 Å². The summed E-state index contributed by atoms with van der Waals surface area (Å²) in [5.74, 6) is 0. The van der Waals surface area contributed by atoms with E-state index < -0.39 is 0 Å². The Hall–Kier alpha value is -5.78. The maximum Gasteiger partial charge on any atom is 0.0998 e. The molecule has 0 saturated heterocycles. The number of fused-ring (bicyclic) bond motifs is 5. The number of rotatable bonds is 3. The van der Waals surface area contributed by atoms with Gasteiger partial charge in [-0.3, -0.25) is 0 Å². The highest BCUT2D eigenvalue weighted by atomic mass is 14.7. The average molecular weight is 533 g/mol. The van der Waals surface area contributed by atoms with Gasteiger partial charge in [0.25, 0.3) is 0 Å². The van der Waals surface area contributed by atoms with Crippen molar-refractivity contribution in [1.82, 2.24) is 4.98 Å². The third-order valence-corrected chi connectivity index (χ3v) is 8.30. The first-order valence-electron chi connectivity index (χ1n) is 14.1. The second-order valence-electron chi connectivity index (χ2n) is 10.6. The zero-order valence-electron chi connectivity index (χ0n) is 22.8. The fourth-order valence-electron chi connectivity index (χ4n) is 6.36. The summed E-state index contributed by atoms with van der Waals surface area (Å²) in [6, 6.07) is 53.1. The molecule has 0 spiro atoms. The van der Waals surface area contributed by atoms with E-state index in [1.807, 2.05) is 24.3 Å². The van der Waals surface area contributed by atoms with Gasteiger partial charge in [0, 0.05) is 21.9 Å². The molecule has 1 heterocycles. The molecule has 0 saturated carbocycles. The fraction of sp³-hybridized carbons (Fsp3) is 0. The summed E-state index contributed by atoms with van der Waals surface area (Å²) in [5, 5.41) is 18.2. The van der Waals surface area contributed by atoms with Crippen molar-refractivity contribution < 1.29 is 0 Å². The van der Waals surface area contributed by atoms with Gasteiger partial charge in [0.05, 0.1) is 22.8 Å². The second-order valence-corrected chi connectivity index (χ2v) is 10.6. The van der Waals surface area contributed by atoms with Crippen LogP contribution < -0.4 is 0 Å². The third-order valence-electron chi connectivity index (χ3n) is 8.30. The van der Waals surface area contributed by atoms with E-state index in [0.717, 1.165) is 55.0 Å². The van der Waals surface area contributed by atoms with Gasteiger partial charge in [0.1, 0.15) is 0 Å². The summed E-state index contributed by atoms with van der Waals surface area (Å²) >= 11 is 0. The topological polar surface area (TPSA) is 36.7 Å². The van der Waals surface area contributed by atoms with Crippen LogP contribution >= 0.6 is 0 Å². The monoisotopic (exact) mass is 532 g/mol. The minimum atomic E-state index is 0.647. The fourth-order valence-corrected chi connectivity index (χ4v) is 6.36. The predicted molar refractivity (Wildman–Crippen MR) is 175 cm³/mol. The lowest BCUT2D eigenvalue weighted by molar-refractivity contribution is 1.41. The molecule has 0 radical (unpaired) electrons. The van der Waals surface area contributed by atoms with Crippen molar-refractivity contribution in [3.05, 3.63) is 151 Å². The maximum absolute atomic E-state index is 10.1. The van der Waals surface area contributed by atoms with E-state index in [4.69, 9.17) is 4.98 Å². The van der Waals surface area contributed by atoms with Crippen LogP contribution in [0.15, 0.2) is 146 Å². The molecule has 2 heteroatoms. The average Bonchev–Trinajstić information content (AvgIpc) is 3.07. The predicted octanol–water partition coefficient (Wildman–Crippen LogP) is 10.6. The third kappa shape index (κ3) is 3.76. The van der Waals surface area contributed by atoms with Crippen LogP contribution in [0.2, 0.25) is 0 Å². The van der Waals surface area contributed by atoms with Crippen LogP contribution in [0.4, 0.5) is 0 Å². The van der Waals surface area contributed by atoms with E-state index in [2.05, 4.69) is 127 Å². The van der Waals surface area contributed by atoms with E-state index in [1.165, 1.54) is 21.7 Å². The van der Waals surface area contributed by atoms with Crippen LogP contribution in [0.3, 0.4) is 0 Å². The van der Waals surface area contributed by atoms with Gasteiger partial charge in [-0.15, -0.1) is 0 Å². The maximum atomic E-state index is 10.1. The first-order valence-corrected chi connectivity index (χ1v) is 14.1. The summed E-state index contributed by atoms with van der Waals surface area (Å²) < 4.78 is 0. The molecule has 2 nitrogen and oxygen atoms in total. The van der Waals surface area contributed by atoms with Gasteiger partial charge in [-0.1, -0.05) is 127 Å². The Bertz CT molecular complexity index is 2370. The molecule has 0 amide bonds. The Morgan fingerprint density at radius 2 is 0.929 bits per heavy atom. The van der Waals surface area contributed by atoms with Crippen LogP contribution in [0, 0.1) is 11.3 Å². The van der Waals surface area contributed by atoms with Crippen molar-refractivity contribution in [2.75, 3.05) is 0 Å². The molecule has 0 fully saturated rings. The molecular formula is C40H24N2. The first kappa shape index (κ1) is 24.1. The van der Waals surface area contributed by atoms with E-state index in [9.17, 15) is 5.26 Å². The lowest BCUT2D eigenvalue weighted by atomic mass is 9.88. The van der Waals surface area contributed by atoms with E-state index in [1.54, 1.807) is 0 Å². The smallest absolute Gasteiger partial charge is 0.0998 e. The normalized spacial score (nSPS) is 11.3. The Balaban J connectivity index is 1.54. The van der Waals surface area contributed by atoms with Crippen molar-refractivity contribution in [2.24, 2.45) is 0 Å². The molecule has 42 heavy (non-hydrogen) atoms. The van der Waals surface area contributed by atoms with E-state index in [-0.39, 0.29) is 0 Å². The van der Waals surface area contributed by atoms with Crippen molar-refractivity contribution in [3.8, 4) is 39.6 Å². The van der Waals surface area contributed by atoms with Crippen molar-refractivity contribution in [1.29, 1.82) is 5.26 Å². The lowest BCUT2D eigenvalue weighted by Crippen LogP contribution is -1.95. The van der Waals surface area contributed by atoms with Gasteiger partial charge >= 0.3 is 0 Å². The summed E-state index contributed by atoms with van der Waals surface area (Å²) in [4.78, 5) is 5.38. The van der Waals surface area contributed by atoms with E-state index >= 15 is 0 Å². The second kappa shape index (κ2) is 9.70. The summed E-state index contributed by atoms with van der Waals surface area (Å²) in [7, 11) is 0. The quantitative estimate of drug-likeness (QED) is 0.212. The zero-order chi connectivity index (χ0) is 28.0. The highest BCUT2D eigenvalue weighted by Crippen LogP contribution is 2.43. The number of aromatic nitrogens is 1. The summed E-state index contributed by atoms with van der Waals surface area (Å²) in [5.41, 5.74) is 7.81. The van der Waals surface area contributed by atoms with Crippen molar-refractivity contribution in [3.63, 3.8) is 0 Å². The summed E-state index contributed by atoms with van der Waals surface area (Å²) in [6.07, 6.45) is 0. The van der Waals surface area contributed by atoms with Gasteiger partial charge in [-0.25, -0.2) is 4.98 Å². The van der Waals surface area contributed by atoms with Crippen LogP contribution in [-0.4, -0.2) is 4.98 Å². The van der Waals surface area contributed by atoms with Gasteiger partial charge in [-0.05, 0) is 61.8 Å². The molecule has 0 aliphatic heterocycles. The molecule has 0 bridgehead atoms. The number of nitriles is 1. The number of hydrogen-bond acceptors (Lipinski definition) is 2. The van der Waals surface area contributed by atoms with Crippen LogP contribution in [0.25, 0.3) is 76.7 Å². The Morgan fingerprint density at radius 3 is 1.67 bits per heavy atom. The minimum absolute atomic E-state index is 0.647. The Morgan fingerprint density at radius 1 is 0.405 bits per heavy atom. The highest BCUT2D eigenvalue weighted by molar-refractivity contribution is 6.18.